The molecule has 2 heterocycles. The molecule has 0 aliphatic carbocycles. The van der Waals surface area contributed by atoms with Crippen LogP contribution in [0, 0.1) is 11.8 Å². The van der Waals surface area contributed by atoms with Crippen molar-refractivity contribution < 1.29 is 18.6 Å². The Morgan fingerprint density at radius 3 is 2.41 bits per heavy atom. The first-order valence-electron chi connectivity index (χ1n) is 11.1. The van der Waals surface area contributed by atoms with Crippen molar-refractivity contribution in [3.63, 3.8) is 0 Å². The molecule has 0 spiro atoms. The van der Waals surface area contributed by atoms with Crippen LogP contribution in [0.3, 0.4) is 0 Å². The molecule has 0 amide bonds. The average molecular weight is 455 g/mol. The largest absolute Gasteiger partial charge is 0.395 e. The molecular formula is C25H30N2O4S. The van der Waals surface area contributed by atoms with Crippen LogP contribution in [-0.4, -0.2) is 72.3 Å². The van der Waals surface area contributed by atoms with E-state index in [-0.39, 0.29) is 24.6 Å². The predicted molar refractivity (Wildman–Crippen MR) is 124 cm³/mol. The first kappa shape index (κ1) is 23.0. The van der Waals surface area contributed by atoms with Gasteiger partial charge in [-0.15, -0.1) is 0 Å². The van der Waals surface area contributed by atoms with Gasteiger partial charge < -0.3 is 10.2 Å². The summed E-state index contributed by atoms with van der Waals surface area (Å²) in [6.45, 7) is 3.44. The van der Waals surface area contributed by atoms with E-state index in [1.54, 1.807) is 35.5 Å². The number of nitrogens with zero attached hydrogens (tertiary/aromatic N) is 2. The summed E-state index contributed by atoms with van der Waals surface area (Å²) >= 11 is 0. The van der Waals surface area contributed by atoms with Crippen molar-refractivity contribution in [2.75, 3.05) is 26.2 Å². The van der Waals surface area contributed by atoms with Gasteiger partial charge in [0.05, 0.1) is 11.5 Å². The summed E-state index contributed by atoms with van der Waals surface area (Å²) in [7, 11) is -3.57. The Labute approximate surface area is 190 Å². The van der Waals surface area contributed by atoms with Crippen LogP contribution in [0.5, 0.6) is 0 Å². The second-order valence-electron chi connectivity index (χ2n) is 8.53. The normalized spacial score (nSPS) is 25.4. The van der Waals surface area contributed by atoms with Crippen LogP contribution in [0.2, 0.25) is 0 Å². The maximum absolute atomic E-state index is 13.3. The molecule has 6 nitrogen and oxygen atoms in total. The highest BCUT2D eigenvalue weighted by Crippen LogP contribution is 2.42. The Morgan fingerprint density at radius 1 is 1.06 bits per heavy atom. The van der Waals surface area contributed by atoms with E-state index in [2.05, 4.69) is 16.7 Å². The summed E-state index contributed by atoms with van der Waals surface area (Å²) in [5.41, 5.74) is 1.89. The van der Waals surface area contributed by atoms with Crippen molar-refractivity contribution in [1.29, 1.82) is 0 Å². The molecule has 0 aromatic heterocycles. The fourth-order valence-electron chi connectivity index (χ4n) is 4.85. The van der Waals surface area contributed by atoms with Crippen LogP contribution in [0.1, 0.15) is 36.8 Å². The number of hydrogen-bond acceptors (Lipinski definition) is 5. The standard InChI is InChI=1S/C25H30N2O4S/c1-19(29)9-10-20-11-13-21(14-12-20)25-23-17-26(15-5-6-16-27(23)24(25)18-28)32(30,31)22-7-3-2-4-8-22/h2-4,7-8,11-14,19,23-25,28-29H,5-6,15-18H2,1H3/t19-,23+,24+,25+/m1/s1. The Morgan fingerprint density at radius 2 is 1.75 bits per heavy atom. The number of fused-ring (bicyclic) bond motifs is 1. The van der Waals surface area contributed by atoms with E-state index in [1.165, 1.54) is 0 Å². The van der Waals surface area contributed by atoms with Gasteiger partial charge in [-0.2, -0.15) is 4.31 Å². The first-order valence-corrected chi connectivity index (χ1v) is 12.6. The van der Waals surface area contributed by atoms with Gasteiger partial charge in [0, 0.05) is 36.7 Å². The van der Waals surface area contributed by atoms with Gasteiger partial charge in [0.2, 0.25) is 10.0 Å². The third-order valence-electron chi connectivity index (χ3n) is 6.43. The topological polar surface area (TPSA) is 81.1 Å². The zero-order valence-electron chi connectivity index (χ0n) is 18.3. The molecule has 4 rings (SSSR count). The zero-order chi connectivity index (χ0) is 22.7. The van der Waals surface area contributed by atoms with Crippen molar-refractivity contribution in [2.45, 2.75) is 48.8 Å². The van der Waals surface area contributed by atoms with Crippen LogP contribution in [0.15, 0.2) is 59.5 Å². The van der Waals surface area contributed by atoms with Gasteiger partial charge in [-0.1, -0.05) is 42.2 Å². The van der Waals surface area contributed by atoms with Gasteiger partial charge in [0.25, 0.3) is 0 Å². The number of sulfonamides is 1. The van der Waals surface area contributed by atoms with Crippen molar-refractivity contribution in [2.24, 2.45) is 0 Å². The smallest absolute Gasteiger partial charge is 0.243 e. The fraction of sp³-hybridized carbons (Fsp3) is 0.440. The van der Waals surface area contributed by atoms with E-state index < -0.39 is 16.1 Å². The van der Waals surface area contributed by atoms with E-state index in [1.807, 2.05) is 30.3 Å². The molecular weight excluding hydrogens is 424 g/mol. The number of aliphatic hydroxyl groups excluding tert-OH is 2. The van der Waals surface area contributed by atoms with Gasteiger partial charge in [-0.25, -0.2) is 8.42 Å². The van der Waals surface area contributed by atoms with E-state index in [9.17, 15) is 18.6 Å². The van der Waals surface area contributed by atoms with Crippen molar-refractivity contribution in [3.05, 3.63) is 65.7 Å². The van der Waals surface area contributed by atoms with E-state index in [4.69, 9.17) is 0 Å². The molecule has 0 bridgehead atoms. The molecule has 32 heavy (non-hydrogen) atoms. The summed E-state index contributed by atoms with van der Waals surface area (Å²) < 4.78 is 28.2. The molecule has 0 radical (unpaired) electrons. The van der Waals surface area contributed by atoms with Gasteiger partial charge >= 0.3 is 0 Å². The summed E-state index contributed by atoms with van der Waals surface area (Å²) in [5.74, 6) is 5.73. The molecule has 2 aromatic carbocycles. The van der Waals surface area contributed by atoms with E-state index in [0.717, 1.165) is 30.5 Å². The molecule has 2 aromatic rings. The minimum Gasteiger partial charge on any atom is -0.395 e. The molecule has 2 N–H and O–H groups in total. The van der Waals surface area contributed by atoms with Crippen LogP contribution >= 0.6 is 0 Å². The van der Waals surface area contributed by atoms with Gasteiger partial charge in [-0.3, -0.25) is 4.90 Å². The average Bonchev–Trinajstić information content (AvgIpc) is 2.78. The van der Waals surface area contributed by atoms with Crippen molar-refractivity contribution in [3.8, 4) is 11.8 Å². The lowest BCUT2D eigenvalue weighted by molar-refractivity contribution is -0.0553. The molecule has 4 atom stereocenters. The molecule has 2 fully saturated rings. The summed E-state index contributed by atoms with van der Waals surface area (Å²) in [5, 5.41) is 19.5. The molecule has 7 heteroatoms. The van der Waals surface area contributed by atoms with Crippen molar-refractivity contribution >= 4 is 10.0 Å². The van der Waals surface area contributed by atoms with Gasteiger partial charge in [0.1, 0.15) is 6.10 Å². The number of aliphatic hydroxyl groups is 2. The Bertz CT molecular complexity index is 1070. The predicted octanol–water partition coefficient (Wildman–Crippen LogP) is 2.03. The van der Waals surface area contributed by atoms with E-state index in [0.29, 0.717) is 18.0 Å². The highest BCUT2D eigenvalue weighted by Gasteiger charge is 2.50. The Hall–Kier alpha value is -2.21. The molecule has 170 valence electrons. The Kier molecular flexibility index (Phi) is 6.99. The quantitative estimate of drug-likeness (QED) is 0.691. The number of rotatable bonds is 4. The van der Waals surface area contributed by atoms with Crippen LogP contribution < -0.4 is 0 Å². The third-order valence-corrected chi connectivity index (χ3v) is 8.31. The maximum atomic E-state index is 13.3. The van der Waals surface area contributed by atoms with Crippen LogP contribution in [0.25, 0.3) is 0 Å². The number of benzene rings is 2. The van der Waals surface area contributed by atoms with Crippen LogP contribution in [-0.2, 0) is 10.0 Å². The highest BCUT2D eigenvalue weighted by atomic mass is 32.2. The summed E-state index contributed by atoms with van der Waals surface area (Å²) in [6, 6.07) is 16.5. The molecule has 2 aliphatic heterocycles. The lowest BCUT2D eigenvalue weighted by Gasteiger charge is -2.57. The van der Waals surface area contributed by atoms with E-state index >= 15 is 0 Å². The molecule has 0 saturated carbocycles. The lowest BCUT2D eigenvalue weighted by atomic mass is 9.74. The summed E-state index contributed by atoms with van der Waals surface area (Å²) in [4.78, 5) is 2.58. The minimum atomic E-state index is -3.57. The minimum absolute atomic E-state index is 0.0142. The monoisotopic (exact) mass is 454 g/mol. The maximum Gasteiger partial charge on any atom is 0.243 e. The van der Waals surface area contributed by atoms with Crippen molar-refractivity contribution in [1.82, 2.24) is 9.21 Å². The molecule has 2 saturated heterocycles. The third kappa shape index (κ3) is 4.61. The highest BCUT2D eigenvalue weighted by molar-refractivity contribution is 7.89. The first-order chi connectivity index (χ1) is 15.4. The molecule has 2 aliphatic rings. The second kappa shape index (κ2) is 9.74. The van der Waals surface area contributed by atoms with Crippen LogP contribution in [0.4, 0.5) is 0 Å². The Balaban J connectivity index is 1.60. The second-order valence-corrected chi connectivity index (χ2v) is 10.5. The zero-order valence-corrected chi connectivity index (χ0v) is 19.1. The summed E-state index contributed by atoms with van der Waals surface area (Å²) in [6.07, 6.45) is 1.02. The van der Waals surface area contributed by atoms with Gasteiger partial charge in [0.15, 0.2) is 0 Å². The number of hydrogen-bond donors (Lipinski definition) is 2. The molecule has 0 unspecified atom stereocenters. The van der Waals surface area contributed by atoms with Gasteiger partial charge in [-0.05, 0) is 56.1 Å². The fourth-order valence-corrected chi connectivity index (χ4v) is 6.36. The SMILES string of the molecule is C[C@@H](O)C#Cc1ccc([C@@H]2[C@H](CO)N3CCCCN(S(=O)(=O)c4ccccc4)C[C@@H]23)cc1. The lowest BCUT2D eigenvalue weighted by Crippen LogP contribution is -2.67.